The van der Waals surface area contributed by atoms with E-state index in [0.717, 1.165) is 19.3 Å². The lowest BCUT2D eigenvalue weighted by Crippen LogP contribution is -2.41. The van der Waals surface area contributed by atoms with Crippen LogP contribution in [0.2, 0.25) is 0 Å². The summed E-state index contributed by atoms with van der Waals surface area (Å²) in [6, 6.07) is 3.58. The number of nitriles is 1. The van der Waals surface area contributed by atoms with Gasteiger partial charge in [-0.2, -0.15) is 5.26 Å². The Bertz CT molecular complexity index is 497. The number of hydrogen-bond donors (Lipinski definition) is 3. The van der Waals surface area contributed by atoms with Crippen molar-refractivity contribution in [2.75, 3.05) is 17.6 Å². The number of aromatic nitrogens is 1. The average molecular weight is 260 g/mol. The molecule has 1 aromatic heterocycles. The Balaban J connectivity index is 2.00. The summed E-state index contributed by atoms with van der Waals surface area (Å²) in [5, 5.41) is 22.4. The predicted octanol–water partition coefficient (Wildman–Crippen LogP) is 1.89. The minimum atomic E-state index is -0.681. The van der Waals surface area contributed by atoms with Gasteiger partial charge in [0.1, 0.15) is 11.9 Å². The summed E-state index contributed by atoms with van der Waals surface area (Å²) in [6.07, 6.45) is 5.32. The second kappa shape index (κ2) is 5.45. The van der Waals surface area contributed by atoms with Crippen LogP contribution in [0.3, 0.4) is 0 Å². The molecule has 0 aromatic carbocycles. The largest absolute Gasteiger partial charge is 0.396 e. The normalized spacial score (nSPS) is 26.7. The standard InChI is InChI=1S/C14H20N4O/c1-10-3-2-4-14(19,6-10)9-18-13-12(16)5-11(7-15)8-17-13/h5,8,10,19H,2-4,6,9,16H2,1H3,(H,17,18). The highest BCUT2D eigenvalue weighted by atomic mass is 16.3. The molecule has 1 aromatic rings. The molecule has 5 heteroatoms. The Morgan fingerprint density at radius 1 is 1.68 bits per heavy atom. The lowest BCUT2D eigenvalue weighted by atomic mass is 9.79. The number of hydrogen-bond acceptors (Lipinski definition) is 5. The first-order valence-corrected chi connectivity index (χ1v) is 6.64. The lowest BCUT2D eigenvalue weighted by Gasteiger charge is -2.35. The third-order valence-electron chi connectivity index (χ3n) is 3.70. The van der Waals surface area contributed by atoms with Crippen LogP contribution in [-0.2, 0) is 0 Å². The molecule has 2 unspecified atom stereocenters. The van der Waals surface area contributed by atoms with E-state index in [2.05, 4.69) is 17.2 Å². The number of nitrogens with two attached hydrogens (primary N) is 1. The zero-order valence-electron chi connectivity index (χ0n) is 11.2. The van der Waals surface area contributed by atoms with Crippen LogP contribution in [0.25, 0.3) is 0 Å². The molecule has 0 bridgehead atoms. The van der Waals surface area contributed by atoms with Gasteiger partial charge in [-0.15, -0.1) is 0 Å². The van der Waals surface area contributed by atoms with Crippen molar-refractivity contribution in [1.82, 2.24) is 4.98 Å². The maximum Gasteiger partial charge on any atom is 0.149 e. The first-order chi connectivity index (χ1) is 9.02. The fourth-order valence-electron chi connectivity index (χ4n) is 2.73. The molecule has 1 saturated carbocycles. The van der Waals surface area contributed by atoms with E-state index in [1.165, 1.54) is 12.6 Å². The molecule has 5 nitrogen and oxygen atoms in total. The highest BCUT2D eigenvalue weighted by molar-refractivity contribution is 5.63. The van der Waals surface area contributed by atoms with Crippen LogP contribution in [-0.4, -0.2) is 22.2 Å². The summed E-state index contributed by atoms with van der Waals surface area (Å²) in [5.74, 6) is 1.08. The van der Waals surface area contributed by atoms with E-state index in [0.29, 0.717) is 29.5 Å². The molecule has 1 fully saturated rings. The van der Waals surface area contributed by atoms with Gasteiger partial charge in [0.15, 0.2) is 0 Å². The van der Waals surface area contributed by atoms with Gasteiger partial charge in [0, 0.05) is 12.7 Å². The summed E-state index contributed by atoms with van der Waals surface area (Å²) in [7, 11) is 0. The van der Waals surface area contributed by atoms with Crippen LogP contribution in [0.1, 0.15) is 38.2 Å². The molecular formula is C14H20N4O. The maximum atomic E-state index is 10.5. The molecule has 1 heterocycles. The number of nitrogens with zero attached hydrogens (tertiary/aromatic N) is 2. The zero-order chi connectivity index (χ0) is 13.9. The number of pyridine rings is 1. The van der Waals surface area contributed by atoms with Crippen molar-refractivity contribution < 1.29 is 5.11 Å². The Labute approximate surface area is 113 Å². The van der Waals surface area contributed by atoms with Crippen molar-refractivity contribution in [3.63, 3.8) is 0 Å². The second-order valence-electron chi connectivity index (χ2n) is 5.55. The Morgan fingerprint density at radius 3 is 3.11 bits per heavy atom. The number of nitrogen functional groups attached to an aromatic ring is 1. The van der Waals surface area contributed by atoms with E-state index in [9.17, 15) is 5.11 Å². The highest BCUT2D eigenvalue weighted by Crippen LogP contribution is 2.32. The van der Waals surface area contributed by atoms with Gasteiger partial charge in [0.25, 0.3) is 0 Å². The van der Waals surface area contributed by atoms with E-state index >= 15 is 0 Å². The van der Waals surface area contributed by atoms with Crippen molar-refractivity contribution in [3.8, 4) is 6.07 Å². The molecule has 102 valence electrons. The fourth-order valence-corrected chi connectivity index (χ4v) is 2.73. The molecule has 1 aliphatic carbocycles. The van der Waals surface area contributed by atoms with Gasteiger partial charge in [-0.05, 0) is 24.8 Å². The maximum absolute atomic E-state index is 10.5. The molecule has 2 atom stereocenters. The summed E-state index contributed by atoms with van der Waals surface area (Å²) in [6.45, 7) is 2.61. The fraction of sp³-hybridized carbons (Fsp3) is 0.571. The van der Waals surface area contributed by atoms with Gasteiger partial charge in [-0.25, -0.2) is 4.98 Å². The first kappa shape index (κ1) is 13.6. The molecule has 4 N–H and O–H groups in total. The number of nitrogens with one attached hydrogen (secondary N) is 1. The molecule has 0 saturated heterocycles. The summed E-state index contributed by atoms with van der Waals surface area (Å²) < 4.78 is 0. The van der Waals surface area contributed by atoms with Crippen molar-refractivity contribution in [2.45, 2.75) is 38.2 Å². The van der Waals surface area contributed by atoms with Gasteiger partial charge in [0.05, 0.1) is 16.9 Å². The van der Waals surface area contributed by atoms with Gasteiger partial charge < -0.3 is 16.2 Å². The summed E-state index contributed by atoms with van der Waals surface area (Å²) >= 11 is 0. The Kier molecular flexibility index (Phi) is 3.91. The molecule has 0 radical (unpaired) electrons. The quantitative estimate of drug-likeness (QED) is 0.771. The van der Waals surface area contributed by atoms with Crippen molar-refractivity contribution in [3.05, 3.63) is 17.8 Å². The van der Waals surface area contributed by atoms with Crippen molar-refractivity contribution in [2.24, 2.45) is 5.92 Å². The van der Waals surface area contributed by atoms with Crippen molar-refractivity contribution in [1.29, 1.82) is 5.26 Å². The van der Waals surface area contributed by atoms with Gasteiger partial charge >= 0.3 is 0 Å². The second-order valence-corrected chi connectivity index (χ2v) is 5.55. The molecule has 0 amide bonds. The monoisotopic (exact) mass is 260 g/mol. The molecule has 0 aliphatic heterocycles. The smallest absolute Gasteiger partial charge is 0.149 e. The van der Waals surface area contributed by atoms with E-state index in [1.807, 2.05) is 6.07 Å². The zero-order valence-corrected chi connectivity index (χ0v) is 11.2. The highest BCUT2D eigenvalue weighted by Gasteiger charge is 2.32. The minimum absolute atomic E-state index is 0.437. The number of aliphatic hydroxyl groups is 1. The van der Waals surface area contributed by atoms with Crippen LogP contribution in [0.5, 0.6) is 0 Å². The van der Waals surface area contributed by atoms with E-state index in [1.54, 1.807) is 6.07 Å². The number of anilines is 2. The van der Waals surface area contributed by atoms with E-state index in [-0.39, 0.29) is 0 Å². The van der Waals surface area contributed by atoms with Gasteiger partial charge in [0.2, 0.25) is 0 Å². The van der Waals surface area contributed by atoms with Crippen LogP contribution in [0.15, 0.2) is 12.3 Å². The molecule has 1 aliphatic rings. The molecule has 0 spiro atoms. The minimum Gasteiger partial charge on any atom is -0.396 e. The van der Waals surface area contributed by atoms with Crippen LogP contribution >= 0.6 is 0 Å². The SMILES string of the molecule is CC1CCCC(O)(CNc2ncc(C#N)cc2N)C1. The van der Waals surface area contributed by atoms with E-state index in [4.69, 9.17) is 11.0 Å². The predicted molar refractivity (Wildman–Crippen MR) is 74.4 cm³/mol. The topological polar surface area (TPSA) is 95.0 Å². The first-order valence-electron chi connectivity index (χ1n) is 6.64. The third kappa shape index (κ3) is 3.36. The Morgan fingerprint density at radius 2 is 2.47 bits per heavy atom. The van der Waals surface area contributed by atoms with Crippen LogP contribution < -0.4 is 11.1 Å². The van der Waals surface area contributed by atoms with Crippen molar-refractivity contribution >= 4 is 11.5 Å². The lowest BCUT2D eigenvalue weighted by molar-refractivity contribution is -0.000810. The Hall–Kier alpha value is -1.80. The average Bonchev–Trinajstić information content (AvgIpc) is 2.37. The van der Waals surface area contributed by atoms with Crippen LogP contribution in [0.4, 0.5) is 11.5 Å². The number of rotatable bonds is 3. The molecule has 2 rings (SSSR count). The van der Waals surface area contributed by atoms with Gasteiger partial charge in [-0.3, -0.25) is 0 Å². The summed E-state index contributed by atoms with van der Waals surface area (Å²) in [4.78, 5) is 4.11. The van der Waals surface area contributed by atoms with Gasteiger partial charge in [-0.1, -0.05) is 19.8 Å². The van der Waals surface area contributed by atoms with E-state index < -0.39 is 5.60 Å². The summed E-state index contributed by atoms with van der Waals surface area (Å²) in [5.41, 5.74) is 6.02. The molecule has 19 heavy (non-hydrogen) atoms. The van der Waals surface area contributed by atoms with Crippen LogP contribution in [0, 0.1) is 17.2 Å². The third-order valence-corrected chi connectivity index (χ3v) is 3.70. The molecular weight excluding hydrogens is 240 g/mol.